The summed E-state index contributed by atoms with van der Waals surface area (Å²) in [5.41, 5.74) is 0. The summed E-state index contributed by atoms with van der Waals surface area (Å²) in [5.74, 6) is 0. The molecule has 0 aromatic heterocycles. The molecular formula is C3H2N2OS. The average Bonchev–Trinajstić information content (AvgIpc) is 1.69. The number of hydrogen-bond acceptors (Lipinski definition) is 4. The smallest absolute Gasteiger partial charge is 0.288 e. The number of isothiocyanates is 1. The second-order valence-electron chi connectivity index (χ2n) is 0.614. The van der Waals surface area contributed by atoms with Crippen LogP contribution in [0.25, 0.3) is 0 Å². The van der Waals surface area contributed by atoms with Crippen LogP contribution in [-0.2, 0) is 4.74 Å². The van der Waals surface area contributed by atoms with Crippen LogP contribution in [0.4, 0.5) is 0 Å². The fourth-order valence-corrected chi connectivity index (χ4v) is 0.140. The predicted octanol–water partition coefficient (Wildman–Crippen LogP) is 0.544. The molecule has 36 valence electrons. The highest BCUT2D eigenvalue weighted by atomic mass is 32.1. The Morgan fingerprint density at radius 3 is 3.00 bits per heavy atom. The Balaban J connectivity index is 3.03. The van der Waals surface area contributed by atoms with E-state index in [0.29, 0.717) is 0 Å². The Morgan fingerprint density at radius 1 is 1.86 bits per heavy atom. The van der Waals surface area contributed by atoms with Crippen LogP contribution in [0.2, 0.25) is 0 Å². The fraction of sp³-hybridized carbons (Fsp3) is 0.333. The Morgan fingerprint density at radius 2 is 2.57 bits per heavy atom. The Bertz CT molecular complexity index is 121. The van der Waals surface area contributed by atoms with E-state index >= 15 is 0 Å². The largest absolute Gasteiger partial charge is 0.403 e. The van der Waals surface area contributed by atoms with Crippen molar-refractivity contribution >= 4 is 17.4 Å². The summed E-state index contributed by atoms with van der Waals surface area (Å²) in [6, 6.07) is 0. The lowest BCUT2D eigenvalue weighted by atomic mass is 11.2. The highest BCUT2D eigenvalue weighted by Crippen LogP contribution is 1.66. The minimum Gasteiger partial charge on any atom is -0.403 e. The summed E-state index contributed by atoms with van der Waals surface area (Å²) in [4.78, 5) is 3.28. The Hall–Kier alpha value is -0.910. The van der Waals surface area contributed by atoms with Gasteiger partial charge in [0.1, 0.15) is 0 Å². The molecule has 0 rings (SSSR count). The molecule has 0 atom stereocenters. The summed E-state index contributed by atoms with van der Waals surface area (Å²) in [6.07, 6.45) is 1.42. The first kappa shape index (κ1) is 6.09. The van der Waals surface area contributed by atoms with Crippen LogP contribution in [0.5, 0.6) is 0 Å². The lowest BCUT2D eigenvalue weighted by Crippen LogP contribution is -1.77. The molecule has 0 radical (unpaired) electrons. The van der Waals surface area contributed by atoms with Gasteiger partial charge in [0.2, 0.25) is 6.73 Å². The van der Waals surface area contributed by atoms with Crippen molar-refractivity contribution < 1.29 is 4.74 Å². The Kier molecular flexibility index (Phi) is 4.43. The molecule has 0 aromatic rings. The molecule has 0 aliphatic carbocycles. The van der Waals surface area contributed by atoms with Gasteiger partial charge in [-0.1, -0.05) is 0 Å². The van der Waals surface area contributed by atoms with Crippen molar-refractivity contribution in [2.75, 3.05) is 6.73 Å². The van der Waals surface area contributed by atoms with E-state index in [4.69, 9.17) is 5.26 Å². The van der Waals surface area contributed by atoms with Crippen LogP contribution >= 0.6 is 12.2 Å². The first-order valence-electron chi connectivity index (χ1n) is 1.46. The first-order chi connectivity index (χ1) is 3.41. The van der Waals surface area contributed by atoms with E-state index in [9.17, 15) is 0 Å². The SMILES string of the molecule is N#COCN=C=S. The van der Waals surface area contributed by atoms with Crippen molar-refractivity contribution in [1.29, 1.82) is 5.26 Å². The molecule has 0 bridgehead atoms. The van der Waals surface area contributed by atoms with Crippen LogP contribution < -0.4 is 0 Å². The molecule has 0 unspecified atom stereocenters. The van der Waals surface area contributed by atoms with E-state index in [-0.39, 0.29) is 6.73 Å². The summed E-state index contributed by atoms with van der Waals surface area (Å²) in [5, 5.41) is 9.73. The first-order valence-corrected chi connectivity index (χ1v) is 1.87. The molecule has 4 heteroatoms. The van der Waals surface area contributed by atoms with Gasteiger partial charge in [0.15, 0.2) is 0 Å². The average molecular weight is 114 g/mol. The van der Waals surface area contributed by atoms with E-state index in [1.165, 1.54) is 6.26 Å². The van der Waals surface area contributed by atoms with E-state index in [1.54, 1.807) is 0 Å². The molecule has 0 saturated carbocycles. The van der Waals surface area contributed by atoms with Crippen LogP contribution in [0.3, 0.4) is 0 Å². The van der Waals surface area contributed by atoms with E-state index < -0.39 is 0 Å². The van der Waals surface area contributed by atoms with E-state index in [1.807, 2.05) is 5.16 Å². The maximum absolute atomic E-state index is 7.70. The second-order valence-corrected chi connectivity index (χ2v) is 0.797. The van der Waals surface area contributed by atoms with Gasteiger partial charge in [-0.3, -0.25) is 0 Å². The molecule has 7 heavy (non-hydrogen) atoms. The minimum atomic E-state index is -0.0139. The van der Waals surface area contributed by atoms with Gasteiger partial charge in [-0.05, 0) is 12.2 Å². The van der Waals surface area contributed by atoms with Gasteiger partial charge in [-0.15, -0.1) is 0 Å². The van der Waals surface area contributed by atoms with Gasteiger partial charge in [0.25, 0.3) is 6.26 Å². The van der Waals surface area contributed by atoms with Crippen molar-refractivity contribution in [3.05, 3.63) is 0 Å². The summed E-state index contributed by atoms with van der Waals surface area (Å²) in [6.45, 7) is -0.0139. The zero-order chi connectivity index (χ0) is 5.54. The number of ether oxygens (including phenoxy) is 1. The van der Waals surface area contributed by atoms with Crippen LogP contribution in [0, 0.1) is 11.5 Å². The highest BCUT2D eigenvalue weighted by Gasteiger charge is 1.68. The number of nitriles is 1. The lowest BCUT2D eigenvalue weighted by molar-refractivity contribution is 0.284. The topological polar surface area (TPSA) is 45.4 Å². The van der Waals surface area contributed by atoms with Gasteiger partial charge < -0.3 is 4.74 Å². The van der Waals surface area contributed by atoms with Gasteiger partial charge in [0, 0.05) is 0 Å². The maximum atomic E-state index is 7.70. The fourth-order valence-electron chi connectivity index (χ4n) is 0.0875. The van der Waals surface area contributed by atoms with Crippen LogP contribution in [0.1, 0.15) is 0 Å². The molecule has 0 amide bonds. The van der Waals surface area contributed by atoms with E-state index in [2.05, 4.69) is 21.9 Å². The number of rotatable bonds is 2. The number of thiocarbonyl (C=S) groups is 1. The minimum absolute atomic E-state index is 0.0139. The molecule has 0 fully saturated rings. The highest BCUT2D eigenvalue weighted by molar-refractivity contribution is 7.78. The van der Waals surface area contributed by atoms with Crippen molar-refractivity contribution in [2.24, 2.45) is 4.99 Å². The number of hydrogen-bond donors (Lipinski definition) is 0. The Labute approximate surface area is 46.2 Å². The molecule has 0 N–H and O–H groups in total. The molecule has 0 aliphatic heterocycles. The van der Waals surface area contributed by atoms with Crippen LogP contribution in [0.15, 0.2) is 4.99 Å². The van der Waals surface area contributed by atoms with Gasteiger partial charge in [-0.25, -0.2) is 0 Å². The summed E-state index contributed by atoms with van der Waals surface area (Å²) in [7, 11) is 0. The van der Waals surface area contributed by atoms with Crippen molar-refractivity contribution in [2.45, 2.75) is 0 Å². The lowest BCUT2D eigenvalue weighted by Gasteiger charge is -1.78. The second kappa shape index (κ2) is 5.09. The molecular weight excluding hydrogens is 112 g/mol. The number of aliphatic imine (C=N–C) groups is 1. The molecule has 0 aromatic carbocycles. The third-order valence-electron chi connectivity index (χ3n) is 0.258. The summed E-state index contributed by atoms with van der Waals surface area (Å²) >= 11 is 4.16. The molecule has 0 aliphatic rings. The van der Waals surface area contributed by atoms with Gasteiger partial charge in [0.05, 0.1) is 5.16 Å². The van der Waals surface area contributed by atoms with Crippen molar-refractivity contribution in [3.63, 3.8) is 0 Å². The molecule has 3 nitrogen and oxygen atoms in total. The van der Waals surface area contributed by atoms with Crippen molar-refractivity contribution in [3.8, 4) is 6.26 Å². The standard InChI is InChI=1S/C3H2N2OS/c4-1-6-2-5-3-7/h2H2. The normalized spacial score (nSPS) is 5.57. The van der Waals surface area contributed by atoms with Gasteiger partial charge in [-0.2, -0.15) is 10.3 Å². The van der Waals surface area contributed by atoms with Gasteiger partial charge >= 0.3 is 0 Å². The molecule has 0 heterocycles. The zero-order valence-electron chi connectivity index (χ0n) is 3.42. The third kappa shape index (κ3) is 5.09. The third-order valence-corrected chi connectivity index (χ3v) is 0.387. The maximum Gasteiger partial charge on any atom is 0.288 e. The summed E-state index contributed by atoms with van der Waals surface area (Å²) < 4.78 is 4.08. The quantitative estimate of drug-likeness (QED) is 0.228. The molecule has 0 spiro atoms. The molecule has 0 saturated heterocycles. The zero-order valence-corrected chi connectivity index (χ0v) is 4.23. The monoisotopic (exact) mass is 114 g/mol. The van der Waals surface area contributed by atoms with Crippen molar-refractivity contribution in [1.82, 2.24) is 0 Å². The van der Waals surface area contributed by atoms with E-state index in [0.717, 1.165) is 0 Å². The number of nitrogens with zero attached hydrogens (tertiary/aromatic N) is 2. The predicted molar refractivity (Wildman–Crippen MR) is 26.6 cm³/mol. The van der Waals surface area contributed by atoms with Crippen LogP contribution in [-0.4, -0.2) is 11.9 Å².